The molecule has 0 fully saturated rings. The van der Waals surface area contributed by atoms with Gasteiger partial charge in [-0.2, -0.15) is 5.10 Å². The Balaban J connectivity index is 1.16. The zero-order chi connectivity index (χ0) is 46.0. The third-order valence-corrected chi connectivity index (χ3v) is 13.3. The van der Waals surface area contributed by atoms with Crippen molar-refractivity contribution in [3.8, 4) is 34.1 Å². The maximum Gasteiger partial charge on any atom is 0.197 e. The van der Waals surface area contributed by atoms with E-state index in [2.05, 4.69) is 143 Å². The summed E-state index contributed by atoms with van der Waals surface area (Å²) in [4.78, 5) is 34.8. The molecule has 11 aromatic rings. The van der Waals surface area contributed by atoms with E-state index in [-0.39, 0.29) is 27.1 Å². The second kappa shape index (κ2) is 14.5. The molecular formula is C58H51N5O3. The molecule has 11 rings (SSSR count). The van der Waals surface area contributed by atoms with Crippen LogP contribution in [0.2, 0.25) is 0 Å². The van der Waals surface area contributed by atoms with Gasteiger partial charge >= 0.3 is 0 Å². The molecule has 0 aliphatic rings. The highest BCUT2D eigenvalue weighted by Gasteiger charge is 2.24. The van der Waals surface area contributed by atoms with Crippen molar-refractivity contribution in [3.05, 3.63) is 183 Å². The van der Waals surface area contributed by atoms with Gasteiger partial charge in [-0.1, -0.05) is 86.6 Å². The largest absolute Gasteiger partial charge is 0.457 e. The highest BCUT2D eigenvalue weighted by molar-refractivity contribution is 6.13. The van der Waals surface area contributed by atoms with Crippen LogP contribution in [0.25, 0.3) is 82.5 Å². The Labute approximate surface area is 382 Å². The second-order valence-electron chi connectivity index (χ2n) is 20.8. The minimum Gasteiger partial charge on any atom is -0.457 e. The van der Waals surface area contributed by atoms with Crippen LogP contribution >= 0.6 is 0 Å². The van der Waals surface area contributed by atoms with Crippen LogP contribution < -0.4 is 15.6 Å². The van der Waals surface area contributed by atoms with Gasteiger partial charge < -0.3 is 9.14 Å². The fraction of sp³-hybridized carbons (Fsp3) is 0.207. The number of rotatable bonds is 5. The summed E-state index contributed by atoms with van der Waals surface area (Å²) >= 11 is 0. The molecule has 0 atom stereocenters. The first-order chi connectivity index (χ1) is 31.4. The van der Waals surface area contributed by atoms with E-state index in [1.54, 1.807) is 6.20 Å². The summed E-state index contributed by atoms with van der Waals surface area (Å²) in [6, 6.07) is 43.0. The maximum absolute atomic E-state index is 14.9. The van der Waals surface area contributed by atoms with E-state index < -0.39 is 0 Å². The van der Waals surface area contributed by atoms with Crippen molar-refractivity contribution >= 4 is 59.9 Å². The normalized spacial score (nSPS) is 12.7. The molecule has 6 aromatic carbocycles. The average Bonchev–Trinajstić information content (AvgIpc) is 3.94. The summed E-state index contributed by atoms with van der Waals surface area (Å²) in [5, 5.41) is 8.71. The summed E-state index contributed by atoms with van der Waals surface area (Å²) in [5.41, 5.74) is 9.42. The summed E-state index contributed by atoms with van der Waals surface area (Å²) in [5.74, 6) is 2.16. The number of hydrogen-bond acceptors (Lipinski definition) is 5. The number of aromatic nitrogens is 5. The summed E-state index contributed by atoms with van der Waals surface area (Å²) in [7, 11) is 0. The summed E-state index contributed by atoms with van der Waals surface area (Å²) in [6.45, 7) is 19.6. The molecule has 0 aliphatic carbocycles. The third kappa shape index (κ3) is 6.65. The Bertz CT molecular complexity index is 3770. The first kappa shape index (κ1) is 41.1. The Kier molecular flexibility index (Phi) is 9.02. The molecular weight excluding hydrogens is 815 g/mol. The van der Waals surface area contributed by atoms with E-state index in [9.17, 15) is 9.59 Å². The van der Waals surface area contributed by atoms with E-state index in [1.807, 2.05) is 77.7 Å². The van der Waals surface area contributed by atoms with Gasteiger partial charge in [0.25, 0.3) is 0 Å². The monoisotopic (exact) mass is 865 g/mol. The van der Waals surface area contributed by atoms with Gasteiger partial charge in [0.15, 0.2) is 10.9 Å². The molecule has 0 bridgehead atoms. The number of pyridine rings is 3. The predicted octanol–water partition coefficient (Wildman–Crippen LogP) is 13.6. The fourth-order valence-electron chi connectivity index (χ4n) is 9.55. The van der Waals surface area contributed by atoms with E-state index in [0.717, 1.165) is 66.6 Å². The first-order valence-electron chi connectivity index (χ1n) is 22.6. The first-order valence-corrected chi connectivity index (χ1v) is 22.6. The zero-order valence-corrected chi connectivity index (χ0v) is 38.8. The van der Waals surface area contributed by atoms with Crippen LogP contribution in [0.5, 0.6) is 11.5 Å². The van der Waals surface area contributed by atoms with Gasteiger partial charge in [-0.15, -0.1) is 0 Å². The lowest BCUT2D eigenvalue weighted by atomic mass is 9.85. The Hall–Kier alpha value is -7.58. The van der Waals surface area contributed by atoms with Crippen LogP contribution in [0.4, 0.5) is 0 Å². The van der Waals surface area contributed by atoms with Crippen LogP contribution in [0, 0.1) is 0 Å². The topological polar surface area (TPSA) is 83.4 Å². The van der Waals surface area contributed by atoms with Crippen LogP contribution in [0.1, 0.15) is 79.0 Å². The molecule has 8 nitrogen and oxygen atoms in total. The number of benzene rings is 6. The number of nitrogens with zero attached hydrogens (tertiary/aromatic N) is 5. The molecule has 66 heavy (non-hydrogen) atoms. The third-order valence-electron chi connectivity index (χ3n) is 13.3. The molecule has 0 spiro atoms. The van der Waals surface area contributed by atoms with Gasteiger partial charge in [0, 0.05) is 63.0 Å². The lowest BCUT2D eigenvalue weighted by molar-refractivity contribution is 0.483. The second-order valence-corrected chi connectivity index (χ2v) is 20.8. The molecule has 0 amide bonds. The van der Waals surface area contributed by atoms with Gasteiger partial charge in [-0.05, 0) is 135 Å². The van der Waals surface area contributed by atoms with Gasteiger partial charge in [0.05, 0.1) is 33.3 Å². The number of hydrogen-bond donors (Lipinski definition) is 0. The molecule has 0 N–H and O–H groups in total. The molecule has 0 aliphatic heterocycles. The summed E-state index contributed by atoms with van der Waals surface area (Å²) in [6.07, 6.45) is 5.54. The Morgan fingerprint density at radius 1 is 0.470 bits per heavy atom. The van der Waals surface area contributed by atoms with Crippen molar-refractivity contribution in [2.45, 2.75) is 78.6 Å². The Morgan fingerprint density at radius 3 is 1.70 bits per heavy atom. The lowest BCUT2D eigenvalue weighted by Gasteiger charge is -2.22. The van der Waals surface area contributed by atoms with Crippen LogP contribution in [-0.2, 0) is 16.2 Å². The van der Waals surface area contributed by atoms with Crippen molar-refractivity contribution in [1.29, 1.82) is 0 Å². The van der Waals surface area contributed by atoms with Gasteiger partial charge in [-0.25, -0.2) is 9.67 Å². The molecule has 8 heteroatoms. The molecule has 0 saturated heterocycles. The van der Waals surface area contributed by atoms with E-state index in [4.69, 9.17) is 9.72 Å². The molecule has 0 radical (unpaired) electrons. The minimum absolute atomic E-state index is 0.0850. The van der Waals surface area contributed by atoms with Crippen molar-refractivity contribution < 1.29 is 4.74 Å². The molecule has 0 saturated carbocycles. The molecule has 5 heterocycles. The highest BCUT2D eigenvalue weighted by atomic mass is 16.5. The smallest absolute Gasteiger partial charge is 0.197 e. The predicted molar refractivity (Wildman–Crippen MR) is 271 cm³/mol. The Morgan fingerprint density at radius 2 is 1.08 bits per heavy atom. The highest BCUT2D eigenvalue weighted by Crippen LogP contribution is 2.40. The van der Waals surface area contributed by atoms with Gasteiger partial charge in [-0.3, -0.25) is 14.2 Å². The van der Waals surface area contributed by atoms with Crippen molar-refractivity contribution in [2.75, 3.05) is 0 Å². The fourth-order valence-corrected chi connectivity index (χ4v) is 9.55. The van der Waals surface area contributed by atoms with Gasteiger partial charge in [0.2, 0.25) is 0 Å². The van der Waals surface area contributed by atoms with Crippen LogP contribution in [0.15, 0.2) is 156 Å². The number of ether oxygens (including phenoxy) is 1. The molecule has 0 unspecified atom stereocenters. The van der Waals surface area contributed by atoms with Gasteiger partial charge in [0.1, 0.15) is 17.3 Å². The SMILES string of the molecule is CC(C)(C)c1ccnc(-n2c3ccc(-c4cc5c(=O)c6cc(C(C)(C)C)ccc6n6c7ccc(C(C)(C)C)cc7c(=O)c(c4)c56)cc3c3ccc(Oc4cccc(-n5cccn5)c4)cc32)c1. The zero-order valence-electron chi connectivity index (χ0n) is 38.8. The van der Waals surface area contributed by atoms with Crippen molar-refractivity contribution in [2.24, 2.45) is 0 Å². The maximum atomic E-state index is 14.9. The summed E-state index contributed by atoms with van der Waals surface area (Å²) < 4.78 is 12.7. The minimum atomic E-state index is -0.170. The average molecular weight is 866 g/mol. The molecule has 5 aromatic heterocycles. The van der Waals surface area contributed by atoms with Crippen molar-refractivity contribution in [1.82, 2.24) is 23.7 Å². The van der Waals surface area contributed by atoms with E-state index in [1.165, 1.54) is 5.56 Å². The van der Waals surface area contributed by atoms with Crippen molar-refractivity contribution in [3.63, 3.8) is 0 Å². The quantitative estimate of drug-likeness (QED) is 0.127. The van der Waals surface area contributed by atoms with E-state index in [0.29, 0.717) is 38.6 Å². The molecule has 326 valence electrons. The van der Waals surface area contributed by atoms with E-state index >= 15 is 0 Å². The standard InChI is InChI=1S/C58H51N5O3/c1-56(2,3)36-15-20-49-44(29-36)54(64)46-27-35(28-47-53(46)63(49)50-21-16-37(57(4,5)6)30-45(50)55(47)65)34-14-19-48-43(26-34)42-18-17-41(66-40-13-10-12-39(32-40)61-25-11-23-60-61)33-51(42)62(48)52-31-38(22-24-59-52)58(7,8)9/h10-33H,1-9H3. The lowest BCUT2D eigenvalue weighted by Crippen LogP contribution is -2.17. The van der Waals surface area contributed by atoms with Crippen LogP contribution in [0.3, 0.4) is 0 Å². The van der Waals surface area contributed by atoms with Crippen LogP contribution in [-0.4, -0.2) is 23.7 Å². The number of fused-ring (bicyclic) bond motifs is 7.